The molecule has 0 N–H and O–H groups in total. The number of hydrogen-bond acceptors (Lipinski definition) is 3. The van der Waals surface area contributed by atoms with E-state index in [1.165, 1.54) is 19.1 Å². The fraction of sp³-hybridized carbons (Fsp3) is 0.444. The Labute approximate surface area is 154 Å². The Bertz CT molecular complexity index is 810. The van der Waals surface area contributed by atoms with E-state index in [1.54, 1.807) is 11.0 Å². The summed E-state index contributed by atoms with van der Waals surface area (Å²) < 4.78 is 53.0. The molecule has 9 heteroatoms. The van der Waals surface area contributed by atoms with Gasteiger partial charge in [-0.2, -0.15) is 18.3 Å². The van der Waals surface area contributed by atoms with Crippen molar-refractivity contribution in [2.24, 2.45) is 0 Å². The summed E-state index contributed by atoms with van der Waals surface area (Å²) in [5.74, 6) is -0.690. The highest BCUT2D eigenvalue weighted by atomic mass is 19.4. The van der Waals surface area contributed by atoms with Crippen LogP contribution in [0, 0.1) is 12.7 Å². The standard InChI is InChI=1S/C18H20F4N4O/c1-13-9-16(18(20,21)22)26(23-13)12-17(27)25-7-5-24(6-8-25)11-14-3-2-4-15(19)10-14/h2-4,9-10H,5-8,11-12H2,1H3. The van der Waals surface area contributed by atoms with Gasteiger partial charge in [-0.15, -0.1) is 0 Å². The third kappa shape index (κ3) is 4.85. The lowest BCUT2D eigenvalue weighted by molar-refractivity contribution is -0.146. The number of hydrogen-bond donors (Lipinski definition) is 0. The fourth-order valence-corrected chi connectivity index (χ4v) is 3.17. The van der Waals surface area contributed by atoms with E-state index in [1.807, 2.05) is 6.07 Å². The van der Waals surface area contributed by atoms with Crippen molar-refractivity contribution < 1.29 is 22.4 Å². The van der Waals surface area contributed by atoms with Crippen LogP contribution in [0.1, 0.15) is 17.0 Å². The van der Waals surface area contributed by atoms with E-state index in [0.717, 1.165) is 16.3 Å². The van der Waals surface area contributed by atoms with Gasteiger partial charge in [-0.3, -0.25) is 14.4 Å². The Hall–Kier alpha value is -2.42. The number of halogens is 4. The highest BCUT2D eigenvalue weighted by molar-refractivity contribution is 5.76. The first kappa shape index (κ1) is 19.3. The average Bonchev–Trinajstić information content (AvgIpc) is 2.96. The normalized spacial score (nSPS) is 16.0. The second-order valence-electron chi connectivity index (χ2n) is 6.61. The lowest BCUT2D eigenvalue weighted by Crippen LogP contribution is -2.49. The van der Waals surface area contributed by atoms with Crippen LogP contribution in [0.5, 0.6) is 0 Å². The van der Waals surface area contributed by atoms with Gasteiger partial charge >= 0.3 is 6.18 Å². The Morgan fingerprint density at radius 1 is 1.15 bits per heavy atom. The van der Waals surface area contributed by atoms with E-state index in [-0.39, 0.29) is 11.5 Å². The Morgan fingerprint density at radius 2 is 1.85 bits per heavy atom. The second-order valence-corrected chi connectivity index (χ2v) is 6.61. The van der Waals surface area contributed by atoms with E-state index in [9.17, 15) is 22.4 Å². The number of aryl methyl sites for hydroxylation is 1. The maximum Gasteiger partial charge on any atom is 0.433 e. The number of nitrogens with zero attached hydrogens (tertiary/aromatic N) is 4. The van der Waals surface area contributed by atoms with Gasteiger partial charge in [-0.25, -0.2) is 4.39 Å². The molecule has 0 spiro atoms. The molecule has 2 aromatic rings. The molecule has 0 saturated carbocycles. The lowest BCUT2D eigenvalue weighted by atomic mass is 10.2. The summed E-state index contributed by atoms with van der Waals surface area (Å²) in [4.78, 5) is 16.0. The average molecular weight is 384 g/mol. The molecule has 0 unspecified atom stereocenters. The van der Waals surface area contributed by atoms with Crippen molar-refractivity contribution in [3.63, 3.8) is 0 Å². The maximum absolute atomic E-state index is 13.3. The molecule has 1 fully saturated rings. The molecule has 1 amide bonds. The minimum absolute atomic E-state index is 0.218. The predicted octanol–water partition coefficient (Wildman–Crippen LogP) is 2.69. The second kappa shape index (κ2) is 7.67. The SMILES string of the molecule is Cc1cc(C(F)(F)F)n(CC(=O)N2CCN(Cc3cccc(F)c3)CC2)n1. The van der Waals surface area contributed by atoms with E-state index >= 15 is 0 Å². The van der Waals surface area contributed by atoms with Crippen molar-refractivity contribution in [1.82, 2.24) is 19.6 Å². The minimum Gasteiger partial charge on any atom is -0.339 e. The quantitative estimate of drug-likeness (QED) is 0.762. The van der Waals surface area contributed by atoms with E-state index < -0.39 is 24.3 Å². The molecule has 0 aliphatic carbocycles. The molecule has 0 radical (unpaired) electrons. The number of benzene rings is 1. The first-order valence-corrected chi connectivity index (χ1v) is 8.58. The van der Waals surface area contributed by atoms with E-state index in [4.69, 9.17) is 0 Å². The molecule has 5 nitrogen and oxygen atoms in total. The summed E-state index contributed by atoms with van der Waals surface area (Å²) in [6.07, 6.45) is -4.55. The van der Waals surface area contributed by atoms with Crippen LogP contribution in [0.25, 0.3) is 0 Å². The van der Waals surface area contributed by atoms with Gasteiger partial charge in [0.25, 0.3) is 0 Å². The zero-order chi connectivity index (χ0) is 19.6. The van der Waals surface area contributed by atoms with Crippen molar-refractivity contribution in [3.8, 4) is 0 Å². The monoisotopic (exact) mass is 384 g/mol. The summed E-state index contributed by atoms with van der Waals surface area (Å²) in [5, 5.41) is 3.79. The van der Waals surface area contributed by atoms with Gasteiger partial charge in [0.1, 0.15) is 18.1 Å². The zero-order valence-electron chi connectivity index (χ0n) is 14.8. The number of aromatic nitrogens is 2. The third-order valence-electron chi connectivity index (χ3n) is 4.50. The van der Waals surface area contributed by atoms with Gasteiger partial charge in [-0.05, 0) is 30.7 Å². The zero-order valence-corrected chi connectivity index (χ0v) is 14.8. The lowest BCUT2D eigenvalue weighted by Gasteiger charge is -2.34. The predicted molar refractivity (Wildman–Crippen MR) is 90.2 cm³/mol. The van der Waals surface area contributed by atoms with E-state index in [2.05, 4.69) is 10.00 Å². The highest BCUT2D eigenvalue weighted by Gasteiger charge is 2.36. The van der Waals surface area contributed by atoms with Crippen molar-refractivity contribution in [2.45, 2.75) is 26.2 Å². The Kier molecular flexibility index (Phi) is 5.50. The first-order chi connectivity index (χ1) is 12.7. The maximum atomic E-state index is 13.3. The number of amides is 1. The summed E-state index contributed by atoms with van der Waals surface area (Å²) in [5.41, 5.74) is 0.143. The third-order valence-corrected chi connectivity index (χ3v) is 4.50. The molecule has 1 aliphatic heterocycles. The van der Waals surface area contributed by atoms with Crippen LogP contribution in [0.2, 0.25) is 0 Å². The fourth-order valence-electron chi connectivity index (χ4n) is 3.17. The van der Waals surface area contributed by atoms with Crippen LogP contribution < -0.4 is 0 Å². The molecule has 0 atom stereocenters. The molecule has 3 rings (SSSR count). The molecule has 146 valence electrons. The molecule has 1 aromatic carbocycles. The van der Waals surface area contributed by atoms with Crippen LogP contribution in [-0.2, 0) is 24.1 Å². The summed E-state index contributed by atoms with van der Waals surface area (Å²) >= 11 is 0. The van der Waals surface area contributed by atoms with Crippen LogP contribution in [0.4, 0.5) is 17.6 Å². The summed E-state index contributed by atoms with van der Waals surface area (Å²) in [6.45, 7) is 3.56. The molecule has 1 saturated heterocycles. The van der Waals surface area contributed by atoms with Gasteiger partial charge in [0.15, 0.2) is 0 Å². The summed E-state index contributed by atoms with van der Waals surface area (Å²) in [7, 11) is 0. The number of rotatable bonds is 4. The highest BCUT2D eigenvalue weighted by Crippen LogP contribution is 2.29. The largest absolute Gasteiger partial charge is 0.433 e. The number of piperazine rings is 1. The topological polar surface area (TPSA) is 41.4 Å². The van der Waals surface area contributed by atoms with Crippen molar-refractivity contribution >= 4 is 5.91 Å². The molecule has 27 heavy (non-hydrogen) atoms. The van der Waals surface area contributed by atoms with Gasteiger partial charge in [0.05, 0.1) is 5.69 Å². The molecule has 2 heterocycles. The molecular formula is C18H20F4N4O. The van der Waals surface area contributed by atoms with Gasteiger partial charge in [0.2, 0.25) is 5.91 Å². The van der Waals surface area contributed by atoms with Crippen LogP contribution in [-0.4, -0.2) is 51.7 Å². The smallest absolute Gasteiger partial charge is 0.339 e. The number of carbonyl (C=O) groups is 1. The van der Waals surface area contributed by atoms with Gasteiger partial charge < -0.3 is 4.90 Å². The number of carbonyl (C=O) groups excluding carboxylic acids is 1. The van der Waals surface area contributed by atoms with Crippen LogP contribution in [0.3, 0.4) is 0 Å². The van der Waals surface area contributed by atoms with Crippen LogP contribution >= 0.6 is 0 Å². The van der Waals surface area contributed by atoms with E-state index in [0.29, 0.717) is 32.7 Å². The van der Waals surface area contributed by atoms with Crippen molar-refractivity contribution in [1.29, 1.82) is 0 Å². The van der Waals surface area contributed by atoms with Crippen molar-refractivity contribution in [2.75, 3.05) is 26.2 Å². The number of alkyl halides is 3. The Balaban J connectivity index is 1.56. The van der Waals surface area contributed by atoms with Crippen molar-refractivity contribution in [3.05, 3.63) is 53.1 Å². The summed E-state index contributed by atoms with van der Waals surface area (Å²) in [6, 6.07) is 7.26. The van der Waals surface area contributed by atoms with Gasteiger partial charge in [0, 0.05) is 32.7 Å². The molecule has 1 aliphatic rings. The Morgan fingerprint density at radius 3 is 2.48 bits per heavy atom. The van der Waals surface area contributed by atoms with Gasteiger partial charge in [-0.1, -0.05) is 12.1 Å². The molecule has 0 bridgehead atoms. The molecule has 1 aromatic heterocycles. The van der Waals surface area contributed by atoms with Crippen LogP contribution in [0.15, 0.2) is 30.3 Å². The minimum atomic E-state index is -4.55. The first-order valence-electron chi connectivity index (χ1n) is 8.58. The molecular weight excluding hydrogens is 364 g/mol.